The van der Waals surface area contributed by atoms with Crippen molar-refractivity contribution in [3.05, 3.63) is 17.7 Å². The van der Waals surface area contributed by atoms with Crippen LogP contribution in [0.2, 0.25) is 0 Å². The number of benzene rings is 1. The number of rotatable bonds is 8. The molecule has 1 aromatic heterocycles. The van der Waals surface area contributed by atoms with Crippen LogP contribution in [0.1, 0.15) is 5.56 Å². The quantitative estimate of drug-likeness (QED) is 0.450. The smallest absolute Gasteiger partial charge is 0.250 e. The Labute approximate surface area is 192 Å². The van der Waals surface area contributed by atoms with Crippen molar-refractivity contribution in [3.63, 3.8) is 0 Å². The Hall–Kier alpha value is -3.38. The van der Waals surface area contributed by atoms with E-state index in [9.17, 15) is 0 Å². The fourth-order valence-corrected chi connectivity index (χ4v) is 3.60. The van der Waals surface area contributed by atoms with Crippen LogP contribution in [-0.2, 0) is 9.47 Å². The average Bonchev–Trinajstić information content (AvgIpc) is 2.89. The summed E-state index contributed by atoms with van der Waals surface area (Å²) >= 11 is 0. The molecule has 0 unspecified atom stereocenters. The van der Waals surface area contributed by atoms with Crippen molar-refractivity contribution in [2.24, 2.45) is 5.10 Å². The van der Waals surface area contributed by atoms with Crippen LogP contribution in [0.4, 0.5) is 17.8 Å². The number of nitrogens with zero attached hydrogens (tertiary/aromatic N) is 6. The summed E-state index contributed by atoms with van der Waals surface area (Å²) in [7, 11) is 4.70. The number of nitrogens with one attached hydrogen (secondary N) is 1. The lowest BCUT2D eigenvalue weighted by Crippen LogP contribution is -2.40. The minimum Gasteiger partial charge on any atom is -0.493 e. The molecule has 0 spiro atoms. The Kier molecular flexibility index (Phi) is 7.58. The average molecular weight is 460 g/mol. The van der Waals surface area contributed by atoms with E-state index in [0.29, 0.717) is 67.1 Å². The Morgan fingerprint density at radius 2 is 1.39 bits per heavy atom. The predicted octanol–water partition coefficient (Wildman–Crippen LogP) is 1.02. The molecule has 0 aliphatic carbocycles. The van der Waals surface area contributed by atoms with E-state index in [-0.39, 0.29) is 0 Å². The molecule has 0 saturated carbocycles. The van der Waals surface area contributed by atoms with Crippen molar-refractivity contribution < 1.29 is 23.7 Å². The number of aromatic nitrogens is 3. The van der Waals surface area contributed by atoms with E-state index in [1.54, 1.807) is 33.6 Å². The van der Waals surface area contributed by atoms with Crippen molar-refractivity contribution >= 4 is 24.1 Å². The monoisotopic (exact) mass is 459 g/mol. The first-order valence-corrected chi connectivity index (χ1v) is 10.7. The van der Waals surface area contributed by atoms with Crippen LogP contribution in [0.25, 0.3) is 0 Å². The van der Waals surface area contributed by atoms with E-state index in [1.165, 1.54) is 0 Å². The van der Waals surface area contributed by atoms with Crippen LogP contribution in [0.15, 0.2) is 17.2 Å². The summed E-state index contributed by atoms with van der Waals surface area (Å²) in [5.41, 5.74) is 3.64. The van der Waals surface area contributed by atoms with Gasteiger partial charge in [-0.3, -0.25) is 0 Å². The largest absolute Gasteiger partial charge is 0.493 e. The van der Waals surface area contributed by atoms with E-state index in [1.807, 2.05) is 6.07 Å². The number of hydrogen-bond donors (Lipinski definition) is 1. The molecule has 12 nitrogen and oxygen atoms in total. The van der Waals surface area contributed by atoms with Crippen LogP contribution < -0.4 is 29.4 Å². The fourth-order valence-electron chi connectivity index (χ4n) is 3.60. The molecule has 0 radical (unpaired) electrons. The molecular formula is C21H29N7O5. The third kappa shape index (κ3) is 5.34. The molecule has 2 fully saturated rings. The van der Waals surface area contributed by atoms with E-state index in [0.717, 1.165) is 26.2 Å². The highest BCUT2D eigenvalue weighted by Gasteiger charge is 2.21. The van der Waals surface area contributed by atoms with Crippen molar-refractivity contribution in [1.82, 2.24) is 15.0 Å². The van der Waals surface area contributed by atoms with Gasteiger partial charge < -0.3 is 33.5 Å². The maximum atomic E-state index is 5.51. The van der Waals surface area contributed by atoms with Gasteiger partial charge in [0.15, 0.2) is 11.5 Å². The lowest BCUT2D eigenvalue weighted by molar-refractivity contribution is 0.121. The van der Waals surface area contributed by atoms with Crippen molar-refractivity contribution in [1.29, 1.82) is 0 Å². The van der Waals surface area contributed by atoms with Crippen molar-refractivity contribution in [3.8, 4) is 17.2 Å². The van der Waals surface area contributed by atoms with Gasteiger partial charge in [-0.15, -0.1) is 0 Å². The van der Waals surface area contributed by atoms with Gasteiger partial charge in [0.05, 0.1) is 54.0 Å². The first kappa shape index (κ1) is 22.8. The van der Waals surface area contributed by atoms with Gasteiger partial charge in [-0.1, -0.05) is 0 Å². The topological polar surface area (TPSA) is 116 Å². The Morgan fingerprint density at radius 3 is 1.91 bits per heavy atom. The van der Waals surface area contributed by atoms with Crippen LogP contribution in [0.3, 0.4) is 0 Å². The molecular weight excluding hydrogens is 430 g/mol. The number of anilines is 3. The molecule has 0 atom stereocenters. The highest BCUT2D eigenvalue weighted by Crippen LogP contribution is 2.39. The summed E-state index contributed by atoms with van der Waals surface area (Å²) in [6, 6.07) is 3.62. The zero-order valence-corrected chi connectivity index (χ0v) is 19.1. The highest BCUT2D eigenvalue weighted by atomic mass is 16.5. The number of morpholine rings is 2. The minimum atomic E-state index is 0.351. The van der Waals surface area contributed by atoms with Crippen LogP contribution in [0.5, 0.6) is 17.2 Å². The molecule has 1 N–H and O–H groups in total. The summed E-state index contributed by atoms with van der Waals surface area (Å²) in [4.78, 5) is 18.0. The second kappa shape index (κ2) is 11.0. The lowest BCUT2D eigenvalue weighted by atomic mass is 10.2. The molecule has 4 rings (SSSR count). The molecule has 3 heterocycles. The second-order valence-corrected chi connectivity index (χ2v) is 7.25. The van der Waals surface area contributed by atoms with E-state index in [4.69, 9.17) is 28.7 Å². The Bertz CT molecular complexity index is 926. The number of hydrazone groups is 1. The Morgan fingerprint density at radius 1 is 0.818 bits per heavy atom. The molecule has 33 heavy (non-hydrogen) atoms. The molecule has 12 heteroatoms. The molecule has 178 valence electrons. The summed E-state index contributed by atoms with van der Waals surface area (Å²) < 4.78 is 27.2. The van der Waals surface area contributed by atoms with E-state index in [2.05, 4.69) is 30.3 Å². The normalized spacial score (nSPS) is 16.7. The first-order chi connectivity index (χ1) is 16.2. The molecule has 2 aliphatic heterocycles. The van der Waals surface area contributed by atoms with Gasteiger partial charge in [0, 0.05) is 31.7 Å². The first-order valence-electron chi connectivity index (χ1n) is 10.7. The molecule has 0 amide bonds. The standard InChI is InChI=1S/C21H29N7O5/c1-29-16-5-4-15(17(30-2)18(16)31-3)14-22-26-19-23-20(27-6-10-32-11-7-27)25-21(24-19)28-8-12-33-13-9-28/h4-5,14H,6-13H2,1-3H3,(H,23,24,25,26). The summed E-state index contributed by atoms with van der Waals surface area (Å²) in [5, 5.41) is 4.33. The van der Waals surface area contributed by atoms with Gasteiger partial charge in [0.25, 0.3) is 0 Å². The van der Waals surface area contributed by atoms with Crippen LogP contribution in [-0.4, -0.2) is 95.1 Å². The molecule has 2 aromatic rings. The minimum absolute atomic E-state index is 0.351. The third-order valence-corrected chi connectivity index (χ3v) is 5.30. The zero-order chi connectivity index (χ0) is 23.0. The van der Waals surface area contributed by atoms with E-state index < -0.39 is 0 Å². The molecule has 0 bridgehead atoms. The lowest BCUT2D eigenvalue weighted by Gasteiger charge is -2.30. The number of ether oxygens (including phenoxy) is 5. The number of methoxy groups -OCH3 is 3. The van der Waals surface area contributed by atoms with Crippen molar-refractivity contribution in [2.75, 3.05) is 89.2 Å². The SMILES string of the molecule is COc1ccc(C=NNc2nc(N3CCOCC3)nc(N3CCOCC3)n2)c(OC)c1OC. The molecule has 2 aliphatic rings. The summed E-state index contributed by atoms with van der Waals surface area (Å²) in [5.74, 6) is 3.12. The van der Waals surface area contributed by atoms with Gasteiger partial charge in [-0.05, 0) is 12.1 Å². The van der Waals surface area contributed by atoms with E-state index >= 15 is 0 Å². The van der Waals surface area contributed by atoms with Gasteiger partial charge in [0.1, 0.15) is 0 Å². The predicted molar refractivity (Wildman–Crippen MR) is 123 cm³/mol. The number of hydrogen-bond acceptors (Lipinski definition) is 12. The maximum Gasteiger partial charge on any atom is 0.250 e. The van der Waals surface area contributed by atoms with Crippen LogP contribution in [0, 0.1) is 0 Å². The van der Waals surface area contributed by atoms with Crippen molar-refractivity contribution in [2.45, 2.75) is 0 Å². The summed E-state index contributed by atoms with van der Waals surface area (Å²) in [6.45, 7) is 5.43. The molecule has 2 saturated heterocycles. The zero-order valence-electron chi connectivity index (χ0n) is 19.1. The van der Waals surface area contributed by atoms with Gasteiger partial charge in [0.2, 0.25) is 23.6 Å². The van der Waals surface area contributed by atoms with Crippen LogP contribution >= 0.6 is 0 Å². The molecule has 1 aromatic carbocycles. The van der Waals surface area contributed by atoms with Gasteiger partial charge in [-0.25, -0.2) is 5.43 Å². The second-order valence-electron chi connectivity index (χ2n) is 7.25. The summed E-state index contributed by atoms with van der Waals surface area (Å²) in [6.07, 6.45) is 1.62. The third-order valence-electron chi connectivity index (χ3n) is 5.30. The van der Waals surface area contributed by atoms with Gasteiger partial charge >= 0.3 is 0 Å². The maximum absolute atomic E-state index is 5.51. The Balaban J connectivity index is 1.58. The van der Waals surface area contributed by atoms with Gasteiger partial charge in [-0.2, -0.15) is 20.1 Å². The fraction of sp³-hybridized carbons (Fsp3) is 0.524. The highest BCUT2D eigenvalue weighted by molar-refractivity contribution is 5.86.